The predicted molar refractivity (Wildman–Crippen MR) is 152 cm³/mol. The van der Waals surface area contributed by atoms with Gasteiger partial charge in [0.05, 0.1) is 30.1 Å². The van der Waals surface area contributed by atoms with E-state index in [1.54, 1.807) is 25.7 Å². The van der Waals surface area contributed by atoms with Crippen LogP contribution in [0.5, 0.6) is 5.88 Å². The molecule has 6 rings (SSSR count). The normalized spacial score (nSPS) is 18.6. The third kappa shape index (κ3) is 5.61. The summed E-state index contributed by atoms with van der Waals surface area (Å²) in [6.07, 6.45) is 10.7. The zero-order valence-corrected chi connectivity index (χ0v) is 22.6. The Morgan fingerprint density at radius 3 is 2.67 bits per heavy atom. The summed E-state index contributed by atoms with van der Waals surface area (Å²) in [5, 5.41) is 11.3. The molecule has 2 N–H and O–H groups in total. The van der Waals surface area contributed by atoms with Gasteiger partial charge in [-0.25, -0.2) is 9.67 Å². The Morgan fingerprint density at radius 2 is 1.95 bits per heavy atom. The van der Waals surface area contributed by atoms with E-state index in [1.807, 2.05) is 65.3 Å². The van der Waals surface area contributed by atoms with Gasteiger partial charge in [0.25, 0.3) is 0 Å². The van der Waals surface area contributed by atoms with Crippen molar-refractivity contribution in [2.24, 2.45) is 0 Å². The second-order valence-corrected chi connectivity index (χ2v) is 10.4. The summed E-state index contributed by atoms with van der Waals surface area (Å²) in [5.74, 6) is 0.189. The van der Waals surface area contributed by atoms with Crippen LogP contribution in [0, 0.1) is 0 Å². The molecule has 2 aliphatic rings. The number of amides is 1. The van der Waals surface area contributed by atoms with Crippen LogP contribution in [-0.4, -0.2) is 45.4 Å². The smallest absolute Gasteiger partial charge is 0.242 e. The van der Waals surface area contributed by atoms with Crippen molar-refractivity contribution in [1.82, 2.24) is 25.1 Å². The van der Waals surface area contributed by atoms with Gasteiger partial charge in [-0.3, -0.25) is 15.1 Å². The maximum atomic E-state index is 13.9. The average Bonchev–Trinajstić information content (AvgIpc) is 3.63. The second-order valence-electron chi connectivity index (χ2n) is 10.4. The van der Waals surface area contributed by atoms with E-state index in [-0.39, 0.29) is 17.7 Å². The van der Waals surface area contributed by atoms with E-state index in [2.05, 4.69) is 25.7 Å². The number of carbonyl (C=O) groups is 1. The summed E-state index contributed by atoms with van der Waals surface area (Å²) < 4.78 is 13.4. The highest BCUT2D eigenvalue weighted by atomic mass is 16.5. The molecule has 4 heterocycles. The fraction of sp³-hybridized carbons (Fsp3) is 0.355. The van der Waals surface area contributed by atoms with Crippen molar-refractivity contribution >= 4 is 11.6 Å². The maximum absolute atomic E-state index is 13.9. The molecule has 0 spiro atoms. The minimum atomic E-state index is -0.499. The van der Waals surface area contributed by atoms with Gasteiger partial charge in [-0.2, -0.15) is 5.10 Å². The van der Waals surface area contributed by atoms with Crippen LogP contribution in [0.4, 0.5) is 5.69 Å². The van der Waals surface area contributed by atoms with Crippen molar-refractivity contribution in [1.29, 1.82) is 0 Å². The Labute approximate surface area is 234 Å². The molecule has 0 bridgehead atoms. The van der Waals surface area contributed by atoms with Crippen molar-refractivity contribution in [3.63, 3.8) is 0 Å². The number of carbonyl (C=O) groups excluding carboxylic acids is 1. The number of nitrogens with one attached hydrogen (secondary N) is 2. The molecule has 1 aromatic carbocycles. The SMILES string of the molecule is COc1ncc(-c2ccnn2C2CCCCO2)cc1NC(=O)C(Cc1ccccc1)NC1(c2ccccn2)CC1. The first-order chi connectivity index (χ1) is 19.6. The third-order valence-electron chi connectivity index (χ3n) is 7.65. The Kier molecular flexibility index (Phi) is 7.57. The van der Waals surface area contributed by atoms with Crippen LogP contribution in [-0.2, 0) is 21.5 Å². The molecule has 1 aliphatic carbocycles. The molecule has 4 aromatic rings. The highest BCUT2D eigenvalue weighted by Gasteiger charge is 2.47. The molecular formula is C31H34N6O3. The zero-order chi connectivity index (χ0) is 27.4. The van der Waals surface area contributed by atoms with Crippen molar-refractivity contribution in [3.05, 3.63) is 90.5 Å². The van der Waals surface area contributed by atoms with Crippen LogP contribution < -0.4 is 15.4 Å². The standard InChI is InChI=1S/C31H34N6O3/c1-39-30-25(20-23(21-33-30)26-13-17-34-37(26)28-12-6-8-18-40-28)35-29(38)24(19-22-9-3-2-4-10-22)36-31(14-15-31)27-11-5-7-16-32-27/h2-5,7,9-11,13,16-17,20-21,24,28,36H,6,8,12,14-15,18-19H2,1H3,(H,35,38). The first-order valence-electron chi connectivity index (χ1n) is 13.9. The fourth-order valence-electron chi connectivity index (χ4n) is 5.39. The lowest BCUT2D eigenvalue weighted by Gasteiger charge is -2.26. The summed E-state index contributed by atoms with van der Waals surface area (Å²) in [7, 11) is 1.55. The monoisotopic (exact) mass is 538 g/mol. The molecule has 2 unspecified atom stereocenters. The molecule has 9 nitrogen and oxygen atoms in total. The predicted octanol–water partition coefficient (Wildman–Crippen LogP) is 4.88. The van der Waals surface area contributed by atoms with Gasteiger partial charge in [0.15, 0.2) is 6.23 Å². The van der Waals surface area contributed by atoms with Crippen LogP contribution in [0.3, 0.4) is 0 Å². The lowest BCUT2D eigenvalue weighted by molar-refractivity contribution is -0.118. The van der Waals surface area contributed by atoms with E-state index < -0.39 is 6.04 Å². The van der Waals surface area contributed by atoms with Crippen molar-refractivity contribution in [2.75, 3.05) is 19.0 Å². The molecule has 2 atom stereocenters. The van der Waals surface area contributed by atoms with Gasteiger partial charge in [0, 0.05) is 30.8 Å². The zero-order valence-electron chi connectivity index (χ0n) is 22.6. The number of anilines is 1. The van der Waals surface area contributed by atoms with Crippen LogP contribution in [0.25, 0.3) is 11.3 Å². The van der Waals surface area contributed by atoms with Gasteiger partial charge in [-0.05, 0) is 68.4 Å². The topological polar surface area (TPSA) is 103 Å². The van der Waals surface area contributed by atoms with Crippen LogP contribution >= 0.6 is 0 Å². The molecule has 0 radical (unpaired) electrons. The minimum absolute atomic E-state index is 0.111. The Morgan fingerprint density at radius 1 is 1.10 bits per heavy atom. The van der Waals surface area contributed by atoms with E-state index in [0.29, 0.717) is 18.0 Å². The lowest BCUT2D eigenvalue weighted by atomic mass is 10.0. The van der Waals surface area contributed by atoms with E-state index in [0.717, 1.165) is 61.2 Å². The molecule has 1 saturated carbocycles. The second kappa shape index (κ2) is 11.6. The Hall–Kier alpha value is -4.08. The quantitative estimate of drug-likeness (QED) is 0.297. The van der Waals surface area contributed by atoms with Gasteiger partial charge in [-0.1, -0.05) is 36.4 Å². The third-order valence-corrected chi connectivity index (χ3v) is 7.65. The fourth-order valence-corrected chi connectivity index (χ4v) is 5.39. The number of hydrogen-bond donors (Lipinski definition) is 2. The van der Waals surface area contributed by atoms with Gasteiger partial charge >= 0.3 is 0 Å². The van der Waals surface area contributed by atoms with Gasteiger partial charge in [0.1, 0.15) is 5.69 Å². The van der Waals surface area contributed by atoms with Crippen molar-refractivity contribution in [3.8, 4) is 17.1 Å². The Bertz CT molecular complexity index is 1430. The van der Waals surface area contributed by atoms with Crippen LogP contribution in [0.1, 0.15) is 49.6 Å². The molecule has 1 aliphatic heterocycles. The van der Waals surface area contributed by atoms with Crippen molar-refractivity contribution < 1.29 is 14.3 Å². The number of hydrogen-bond acceptors (Lipinski definition) is 7. The number of ether oxygens (including phenoxy) is 2. The molecule has 3 aromatic heterocycles. The lowest BCUT2D eigenvalue weighted by Crippen LogP contribution is -2.47. The van der Waals surface area contributed by atoms with Crippen LogP contribution in [0.2, 0.25) is 0 Å². The Balaban J connectivity index is 1.27. The van der Waals surface area contributed by atoms with Crippen molar-refractivity contribution in [2.45, 2.75) is 56.3 Å². The molecule has 9 heteroatoms. The molecule has 1 saturated heterocycles. The number of aromatic nitrogens is 4. The minimum Gasteiger partial charge on any atom is -0.480 e. The first-order valence-corrected chi connectivity index (χ1v) is 13.9. The van der Waals surface area contributed by atoms with E-state index in [1.165, 1.54) is 0 Å². The summed E-state index contributed by atoms with van der Waals surface area (Å²) >= 11 is 0. The van der Waals surface area contributed by atoms with Gasteiger partial charge in [0.2, 0.25) is 11.8 Å². The molecular weight excluding hydrogens is 504 g/mol. The first kappa shape index (κ1) is 26.2. The largest absolute Gasteiger partial charge is 0.480 e. The highest BCUT2D eigenvalue weighted by molar-refractivity contribution is 5.96. The van der Waals surface area contributed by atoms with E-state index in [9.17, 15) is 4.79 Å². The number of methoxy groups -OCH3 is 1. The van der Waals surface area contributed by atoms with E-state index >= 15 is 0 Å². The molecule has 2 fully saturated rings. The van der Waals surface area contributed by atoms with Gasteiger partial charge < -0.3 is 14.8 Å². The number of rotatable bonds is 10. The maximum Gasteiger partial charge on any atom is 0.242 e. The van der Waals surface area contributed by atoms with Crippen LogP contribution in [0.15, 0.2) is 79.3 Å². The number of benzene rings is 1. The highest BCUT2D eigenvalue weighted by Crippen LogP contribution is 2.45. The number of nitrogens with zero attached hydrogens (tertiary/aromatic N) is 4. The van der Waals surface area contributed by atoms with Gasteiger partial charge in [-0.15, -0.1) is 0 Å². The summed E-state index contributed by atoms with van der Waals surface area (Å²) in [6, 6.07) is 19.3. The van der Waals surface area contributed by atoms with E-state index in [4.69, 9.17) is 9.47 Å². The number of pyridine rings is 2. The molecule has 206 valence electrons. The summed E-state index contributed by atoms with van der Waals surface area (Å²) in [5.41, 5.74) is 3.92. The average molecular weight is 539 g/mol. The summed E-state index contributed by atoms with van der Waals surface area (Å²) in [6.45, 7) is 0.724. The molecule has 40 heavy (non-hydrogen) atoms. The molecule has 1 amide bonds. The summed E-state index contributed by atoms with van der Waals surface area (Å²) in [4.78, 5) is 23.0.